The van der Waals surface area contributed by atoms with Gasteiger partial charge in [-0.05, 0) is 36.4 Å². The third-order valence-corrected chi connectivity index (χ3v) is 4.45. The topological polar surface area (TPSA) is 75.7 Å². The number of likely N-dealkylation sites (N-methyl/N-ethyl adjacent to an activating group) is 1. The number of anilines is 1. The van der Waals surface area contributed by atoms with E-state index >= 15 is 0 Å². The van der Waals surface area contributed by atoms with E-state index in [9.17, 15) is 13.2 Å². The zero-order valence-corrected chi connectivity index (χ0v) is 14.4. The predicted octanol–water partition coefficient (Wildman–Crippen LogP) is 2.63. The van der Waals surface area contributed by atoms with Crippen molar-refractivity contribution in [3.63, 3.8) is 0 Å². The zero-order chi connectivity index (χ0) is 17.6. The molecule has 0 radical (unpaired) electrons. The molecule has 0 aliphatic heterocycles. The molecule has 2 rings (SSSR count). The summed E-state index contributed by atoms with van der Waals surface area (Å²) >= 11 is 0. The maximum atomic E-state index is 12.1. The second-order valence-electron chi connectivity index (χ2n) is 5.31. The van der Waals surface area contributed by atoms with Gasteiger partial charge in [0.2, 0.25) is 0 Å². The van der Waals surface area contributed by atoms with Crippen LogP contribution in [0.4, 0.5) is 10.5 Å². The molecule has 0 aliphatic carbocycles. The van der Waals surface area contributed by atoms with Gasteiger partial charge in [0.15, 0.2) is 9.84 Å². The molecular formula is C17H20N2O4S. The Kier molecular flexibility index (Phi) is 5.81. The Morgan fingerprint density at radius 3 is 2.29 bits per heavy atom. The number of sulfone groups is 1. The number of hydrogen-bond donors (Lipinski definition) is 1. The molecule has 0 saturated heterocycles. The molecule has 0 aliphatic rings. The first kappa shape index (κ1) is 17.8. The molecule has 0 bridgehead atoms. The van der Waals surface area contributed by atoms with E-state index in [1.54, 1.807) is 19.2 Å². The zero-order valence-electron chi connectivity index (χ0n) is 13.6. The second kappa shape index (κ2) is 7.83. The predicted molar refractivity (Wildman–Crippen MR) is 93.1 cm³/mol. The SMILES string of the molecule is CN(CCOc1ccccc1)C(=O)Nc1ccc(S(C)(=O)=O)cc1. The first-order valence-electron chi connectivity index (χ1n) is 7.36. The van der Waals surface area contributed by atoms with Gasteiger partial charge in [-0.15, -0.1) is 0 Å². The summed E-state index contributed by atoms with van der Waals surface area (Å²) in [6, 6.07) is 15.1. The monoisotopic (exact) mass is 348 g/mol. The van der Waals surface area contributed by atoms with Crippen LogP contribution in [-0.4, -0.2) is 45.8 Å². The summed E-state index contributed by atoms with van der Waals surface area (Å²) < 4.78 is 28.3. The molecule has 0 heterocycles. The minimum atomic E-state index is -3.24. The molecule has 6 nitrogen and oxygen atoms in total. The highest BCUT2D eigenvalue weighted by Crippen LogP contribution is 2.14. The molecule has 128 valence electrons. The smallest absolute Gasteiger partial charge is 0.321 e. The van der Waals surface area contributed by atoms with Gasteiger partial charge in [-0.2, -0.15) is 0 Å². The largest absolute Gasteiger partial charge is 0.492 e. The average Bonchev–Trinajstić information content (AvgIpc) is 2.55. The number of amides is 2. The fraction of sp³-hybridized carbons (Fsp3) is 0.235. The van der Waals surface area contributed by atoms with Crippen molar-refractivity contribution in [3.05, 3.63) is 54.6 Å². The fourth-order valence-electron chi connectivity index (χ4n) is 1.92. The summed E-state index contributed by atoms with van der Waals surface area (Å²) in [5.41, 5.74) is 0.531. The van der Waals surface area contributed by atoms with Crippen LogP contribution in [0.5, 0.6) is 5.75 Å². The molecule has 0 spiro atoms. The number of ether oxygens (including phenoxy) is 1. The number of rotatable bonds is 6. The molecule has 7 heteroatoms. The van der Waals surface area contributed by atoms with Crippen molar-refractivity contribution >= 4 is 21.6 Å². The number of nitrogens with zero attached hydrogens (tertiary/aromatic N) is 1. The number of urea groups is 1. The summed E-state index contributed by atoms with van der Waals surface area (Å²) in [5.74, 6) is 0.752. The summed E-state index contributed by atoms with van der Waals surface area (Å²) in [6.07, 6.45) is 1.14. The van der Waals surface area contributed by atoms with Crippen molar-refractivity contribution in [2.24, 2.45) is 0 Å². The van der Waals surface area contributed by atoms with Crippen molar-refractivity contribution in [1.82, 2.24) is 4.90 Å². The Hall–Kier alpha value is -2.54. The van der Waals surface area contributed by atoms with Crippen LogP contribution in [0.1, 0.15) is 0 Å². The molecule has 2 aromatic carbocycles. The van der Waals surface area contributed by atoms with Crippen molar-refractivity contribution in [2.45, 2.75) is 4.90 Å². The Bertz CT molecular complexity index is 774. The summed E-state index contributed by atoms with van der Waals surface area (Å²) in [6.45, 7) is 0.795. The third-order valence-electron chi connectivity index (χ3n) is 3.32. The molecule has 1 N–H and O–H groups in total. The highest BCUT2D eigenvalue weighted by Gasteiger charge is 2.10. The Labute approximate surface area is 142 Å². The third kappa shape index (κ3) is 5.27. The highest BCUT2D eigenvalue weighted by atomic mass is 32.2. The maximum absolute atomic E-state index is 12.1. The Morgan fingerprint density at radius 2 is 1.71 bits per heavy atom. The Balaban J connectivity index is 1.83. The van der Waals surface area contributed by atoms with Crippen molar-refractivity contribution in [1.29, 1.82) is 0 Å². The first-order chi connectivity index (χ1) is 11.4. The summed E-state index contributed by atoms with van der Waals surface area (Å²) in [4.78, 5) is 13.8. The molecule has 0 fully saturated rings. The maximum Gasteiger partial charge on any atom is 0.321 e. The van der Waals surface area contributed by atoms with Crippen LogP contribution in [0.15, 0.2) is 59.5 Å². The molecule has 2 amide bonds. The van der Waals surface area contributed by atoms with Gasteiger partial charge < -0.3 is 15.0 Å². The minimum Gasteiger partial charge on any atom is -0.492 e. The van der Waals surface area contributed by atoms with Gasteiger partial charge in [0.25, 0.3) is 0 Å². The van der Waals surface area contributed by atoms with Gasteiger partial charge in [0, 0.05) is 19.0 Å². The lowest BCUT2D eigenvalue weighted by molar-refractivity contribution is 0.207. The van der Waals surface area contributed by atoms with Crippen LogP contribution < -0.4 is 10.1 Å². The number of nitrogens with one attached hydrogen (secondary N) is 1. The number of carbonyl (C=O) groups is 1. The molecule has 0 aromatic heterocycles. The second-order valence-corrected chi connectivity index (χ2v) is 7.33. The van der Waals surface area contributed by atoms with Crippen LogP contribution in [0, 0.1) is 0 Å². The highest BCUT2D eigenvalue weighted by molar-refractivity contribution is 7.90. The first-order valence-corrected chi connectivity index (χ1v) is 9.25. The average molecular weight is 348 g/mol. The number of para-hydroxylation sites is 1. The van der Waals surface area contributed by atoms with E-state index in [2.05, 4.69) is 5.32 Å². The van der Waals surface area contributed by atoms with E-state index in [0.717, 1.165) is 12.0 Å². The van der Waals surface area contributed by atoms with Crippen LogP contribution in [0.3, 0.4) is 0 Å². The van der Waals surface area contributed by atoms with Gasteiger partial charge in [-0.1, -0.05) is 18.2 Å². The van der Waals surface area contributed by atoms with Crippen molar-refractivity contribution in [3.8, 4) is 5.75 Å². The normalized spacial score (nSPS) is 10.9. The lowest BCUT2D eigenvalue weighted by atomic mass is 10.3. The molecule has 2 aromatic rings. The molecule has 24 heavy (non-hydrogen) atoms. The Morgan fingerprint density at radius 1 is 1.08 bits per heavy atom. The van der Waals surface area contributed by atoms with Crippen LogP contribution in [0.25, 0.3) is 0 Å². The quantitative estimate of drug-likeness (QED) is 0.871. The molecule has 0 saturated carbocycles. The van der Waals surface area contributed by atoms with Crippen LogP contribution in [0.2, 0.25) is 0 Å². The lowest BCUT2D eigenvalue weighted by Crippen LogP contribution is -2.34. The van der Waals surface area contributed by atoms with Gasteiger partial charge >= 0.3 is 6.03 Å². The standard InChI is InChI=1S/C17H20N2O4S/c1-19(12-13-23-15-6-4-3-5-7-15)17(20)18-14-8-10-16(11-9-14)24(2,21)22/h3-11H,12-13H2,1-2H3,(H,18,20). The van der Waals surface area contributed by atoms with E-state index < -0.39 is 9.84 Å². The molecule has 0 unspecified atom stereocenters. The molecular weight excluding hydrogens is 328 g/mol. The van der Waals surface area contributed by atoms with Crippen molar-refractivity contribution in [2.75, 3.05) is 31.8 Å². The van der Waals surface area contributed by atoms with Crippen molar-refractivity contribution < 1.29 is 17.9 Å². The van der Waals surface area contributed by atoms with E-state index in [0.29, 0.717) is 18.8 Å². The van der Waals surface area contributed by atoms with Gasteiger partial charge in [-0.25, -0.2) is 13.2 Å². The summed E-state index contributed by atoms with van der Waals surface area (Å²) in [5, 5.41) is 2.71. The van der Waals surface area contributed by atoms with Gasteiger partial charge in [0.1, 0.15) is 12.4 Å². The minimum absolute atomic E-state index is 0.213. The lowest BCUT2D eigenvalue weighted by Gasteiger charge is -2.18. The van der Waals surface area contributed by atoms with Gasteiger partial charge in [0.05, 0.1) is 11.4 Å². The van der Waals surface area contributed by atoms with Gasteiger partial charge in [-0.3, -0.25) is 0 Å². The van der Waals surface area contributed by atoms with E-state index in [-0.39, 0.29) is 10.9 Å². The fourth-order valence-corrected chi connectivity index (χ4v) is 2.55. The van der Waals surface area contributed by atoms with Crippen LogP contribution >= 0.6 is 0 Å². The van der Waals surface area contributed by atoms with E-state index in [1.807, 2.05) is 30.3 Å². The summed E-state index contributed by atoms with van der Waals surface area (Å²) in [7, 11) is -1.58. The molecule has 0 atom stereocenters. The number of carbonyl (C=O) groups excluding carboxylic acids is 1. The van der Waals surface area contributed by atoms with Crippen LogP contribution in [-0.2, 0) is 9.84 Å². The van der Waals surface area contributed by atoms with E-state index in [1.165, 1.54) is 17.0 Å². The van der Waals surface area contributed by atoms with E-state index in [4.69, 9.17) is 4.74 Å². The number of hydrogen-bond acceptors (Lipinski definition) is 4. The number of benzene rings is 2.